The number of rotatable bonds is 4. The lowest BCUT2D eigenvalue weighted by Gasteiger charge is -2.15. The molecule has 0 aromatic heterocycles. The van der Waals surface area contributed by atoms with Crippen molar-refractivity contribution in [3.05, 3.63) is 42.0 Å². The van der Waals surface area contributed by atoms with Crippen LogP contribution in [0, 0.1) is 5.41 Å². The molecule has 0 spiro atoms. The first-order valence-electron chi connectivity index (χ1n) is 6.68. The third-order valence-electron chi connectivity index (χ3n) is 3.11. The molecule has 0 atom stereocenters. The van der Waals surface area contributed by atoms with E-state index >= 15 is 0 Å². The van der Waals surface area contributed by atoms with Crippen molar-refractivity contribution in [1.82, 2.24) is 0 Å². The second-order valence-electron chi connectivity index (χ2n) is 5.17. The van der Waals surface area contributed by atoms with Crippen LogP contribution >= 0.6 is 10.8 Å². The van der Waals surface area contributed by atoms with Gasteiger partial charge in [-0.1, -0.05) is 0 Å². The van der Waals surface area contributed by atoms with Crippen molar-refractivity contribution in [2.75, 3.05) is 19.0 Å². The SMILES string of the molecule is CC1=CC(=Nc2ccc(N(C)C)cc2SS(=O)(=O)O)C=CC1=N. The smallest absolute Gasteiger partial charge is 0.324 e. The lowest BCUT2D eigenvalue weighted by Crippen LogP contribution is -2.08. The van der Waals surface area contributed by atoms with Gasteiger partial charge in [0.05, 0.1) is 22.0 Å². The highest BCUT2D eigenvalue weighted by atomic mass is 33.1. The summed E-state index contributed by atoms with van der Waals surface area (Å²) in [5, 5.41) is 7.67. The molecule has 0 saturated carbocycles. The van der Waals surface area contributed by atoms with E-state index < -0.39 is 9.15 Å². The molecule has 0 saturated heterocycles. The van der Waals surface area contributed by atoms with Crippen LogP contribution in [0.2, 0.25) is 0 Å². The van der Waals surface area contributed by atoms with E-state index in [2.05, 4.69) is 4.99 Å². The van der Waals surface area contributed by atoms with Crippen LogP contribution in [0.1, 0.15) is 6.92 Å². The molecule has 1 aliphatic carbocycles. The van der Waals surface area contributed by atoms with Gasteiger partial charge in [-0.2, -0.15) is 8.42 Å². The van der Waals surface area contributed by atoms with E-state index in [-0.39, 0.29) is 0 Å². The number of anilines is 1. The highest BCUT2D eigenvalue weighted by Crippen LogP contribution is 2.36. The minimum Gasteiger partial charge on any atom is -0.378 e. The zero-order chi connectivity index (χ0) is 17.2. The van der Waals surface area contributed by atoms with Crippen LogP contribution in [0.5, 0.6) is 0 Å². The van der Waals surface area contributed by atoms with Crippen LogP contribution in [0.15, 0.2) is 51.9 Å². The molecule has 0 heterocycles. The van der Waals surface area contributed by atoms with E-state index in [1.807, 2.05) is 32.0 Å². The molecule has 0 unspecified atom stereocenters. The standard InChI is InChI=1S/C15H17N3O3S2/c1-10-8-11(4-6-13(10)16)17-14-7-5-12(18(2)3)9-15(14)22-23(19,20)21/h4-9,16H,1-3H3,(H,19,20,21). The second kappa shape index (κ2) is 6.69. The van der Waals surface area contributed by atoms with Gasteiger partial charge in [-0.3, -0.25) is 4.55 Å². The average molecular weight is 351 g/mol. The molecular formula is C15H17N3O3S2. The Morgan fingerprint density at radius 1 is 1.26 bits per heavy atom. The number of nitrogens with zero attached hydrogens (tertiary/aromatic N) is 2. The van der Waals surface area contributed by atoms with E-state index in [1.165, 1.54) is 0 Å². The van der Waals surface area contributed by atoms with Gasteiger partial charge in [-0.15, -0.1) is 0 Å². The summed E-state index contributed by atoms with van der Waals surface area (Å²) >= 11 is 0. The zero-order valence-corrected chi connectivity index (χ0v) is 14.6. The molecule has 1 aromatic carbocycles. The quantitative estimate of drug-likeness (QED) is 0.493. The first kappa shape index (κ1) is 17.5. The van der Waals surface area contributed by atoms with Crippen molar-refractivity contribution in [2.45, 2.75) is 11.8 Å². The van der Waals surface area contributed by atoms with Crippen LogP contribution in [-0.4, -0.2) is 38.5 Å². The molecule has 2 N–H and O–H groups in total. The monoisotopic (exact) mass is 351 g/mol. The first-order chi connectivity index (χ1) is 10.7. The number of aliphatic imine (C=N–C) groups is 1. The Balaban J connectivity index is 2.49. The Kier molecular flexibility index (Phi) is 5.08. The van der Waals surface area contributed by atoms with Crippen LogP contribution in [0.25, 0.3) is 0 Å². The zero-order valence-electron chi connectivity index (χ0n) is 12.9. The fraction of sp³-hybridized carbons (Fsp3) is 0.200. The molecule has 1 aliphatic rings. The highest BCUT2D eigenvalue weighted by Gasteiger charge is 2.14. The predicted molar refractivity (Wildman–Crippen MR) is 95.9 cm³/mol. The minimum absolute atomic E-state index is 0.339. The first-order valence-corrected chi connectivity index (χ1v) is 9.45. The van der Waals surface area contributed by atoms with Gasteiger partial charge in [0.15, 0.2) is 0 Å². The molecule has 0 aliphatic heterocycles. The molecule has 122 valence electrons. The van der Waals surface area contributed by atoms with Crippen LogP contribution in [0.3, 0.4) is 0 Å². The molecule has 23 heavy (non-hydrogen) atoms. The van der Waals surface area contributed by atoms with E-state index in [1.54, 1.807) is 30.4 Å². The molecule has 0 amide bonds. The van der Waals surface area contributed by atoms with Crippen molar-refractivity contribution in [2.24, 2.45) is 4.99 Å². The largest absolute Gasteiger partial charge is 0.378 e. The number of benzene rings is 1. The third kappa shape index (κ3) is 4.78. The summed E-state index contributed by atoms with van der Waals surface area (Å²) in [6.45, 7) is 1.81. The summed E-state index contributed by atoms with van der Waals surface area (Å²) in [6, 6.07) is 5.17. The Hall–Kier alpha value is -1.90. The van der Waals surface area contributed by atoms with Gasteiger partial charge in [-0.05, 0) is 48.9 Å². The minimum atomic E-state index is -4.24. The lowest BCUT2D eigenvalue weighted by atomic mass is 10.0. The fourth-order valence-corrected chi connectivity index (χ4v) is 3.59. The van der Waals surface area contributed by atoms with Crippen molar-refractivity contribution in [3.63, 3.8) is 0 Å². The van der Waals surface area contributed by atoms with Gasteiger partial charge in [0, 0.05) is 30.6 Å². The van der Waals surface area contributed by atoms with E-state index in [9.17, 15) is 8.42 Å². The van der Waals surface area contributed by atoms with Crippen molar-refractivity contribution >= 4 is 42.7 Å². The van der Waals surface area contributed by atoms with Crippen molar-refractivity contribution < 1.29 is 13.0 Å². The summed E-state index contributed by atoms with van der Waals surface area (Å²) in [7, 11) is -0.210. The number of hydrogen-bond acceptors (Lipinski definition) is 6. The summed E-state index contributed by atoms with van der Waals surface area (Å²) in [5.41, 5.74) is 3.05. The summed E-state index contributed by atoms with van der Waals surface area (Å²) in [6.07, 6.45) is 5.08. The molecule has 1 aromatic rings. The number of allylic oxidation sites excluding steroid dienone is 4. The van der Waals surface area contributed by atoms with E-state index in [0.29, 0.717) is 32.8 Å². The topological polar surface area (TPSA) is 93.8 Å². The Morgan fingerprint density at radius 2 is 1.96 bits per heavy atom. The highest BCUT2D eigenvalue weighted by molar-refractivity contribution is 8.70. The molecule has 2 rings (SSSR count). The van der Waals surface area contributed by atoms with Crippen LogP contribution in [0.4, 0.5) is 11.4 Å². The van der Waals surface area contributed by atoms with Gasteiger partial charge in [0.1, 0.15) is 0 Å². The molecule has 6 nitrogen and oxygen atoms in total. The summed E-state index contributed by atoms with van der Waals surface area (Å²) in [5.74, 6) is 0. The Labute approximate surface area is 139 Å². The fourth-order valence-electron chi connectivity index (χ4n) is 1.91. The molecule has 0 radical (unpaired) electrons. The Bertz CT molecular complexity index is 838. The van der Waals surface area contributed by atoms with Crippen LogP contribution in [-0.2, 0) is 9.15 Å². The van der Waals surface area contributed by atoms with E-state index in [4.69, 9.17) is 9.96 Å². The predicted octanol–water partition coefficient (Wildman–Crippen LogP) is 3.26. The molecule has 0 bridgehead atoms. The maximum atomic E-state index is 11.2. The maximum Gasteiger partial charge on any atom is 0.324 e. The van der Waals surface area contributed by atoms with Gasteiger partial charge in [0.25, 0.3) is 0 Å². The lowest BCUT2D eigenvalue weighted by molar-refractivity contribution is 0.503. The second-order valence-corrected chi connectivity index (χ2v) is 8.39. The normalized spacial score (nSPS) is 16.6. The van der Waals surface area contributed by atoms with E-state index in [0.717, 1.165) is 11.3 Å². The molecule has 8 heteroatoms. The maximum absolute atomic E-state index is 11.2. The van der Waals surface area contributed by atoms with Gasteiger partial charge >= 0.3 is 9.15 Å². The molecule has 0 fully saturated rings. The van der Waals surface area contributed by atoms with Crippen LogP contribution < -0.4 is 4.90 Å². The summed E-state index contributed by atoms with van der Waals surface area (Å²) < 4.78 is 31.6. The number of nitrogens with one attached hydrogen (secondary N) is 1. The van der Waals surface area contributed by atoms with Gasteiger partial charge in [-0.25, -0.2) is 4.99 Å². The van der Waals surface area contributed by atoms with Gasteiger partial charge < -0.3 is 10.3 Å². The van der Waals surface area contributed by atoms with Gasteiger partial charge in [0.2, 0.25) is 0 Å². The van der Waals surface area contributed by atoms with Crippen molar-refractivity contribution in [1.29, 1.82) is 5.41 Å². The number of hydrogen-bond donors (Lipinski definition) is 2. The summed E-state index contributed by atoms with van der Waals surface area (Å²) in [4.78, 5) is 6.60. The third-order valence-corrected chi connectivity index (χ3v) is 5.00. The van der Waals surface area contributed by atoms with Crippen molar-refractivity contribution in [3.8, 4) is 0 Å². The Morgan fingerprint density at radius 3 is 2.52 bits per heavy atom. The average Bonchev–Trinajstić information content (AvgIpc) is 2.43. The molecular weight excluding hydrogens is 334 g/mol.